The number of hydrogen-bond donors (Lipinski definition) is 2. The molecule has 146 valence electrons. The molecule has 0 aliphatic rings. The summed E-state index contributed by atoms with van der Waals surface area (Å²) in [5, 5.41) is 44.3. The fraction of sp³-hybridized carbons (Fsp3) is 0.143. The van der Waals surface area contributed by atoms with Crippen LogP contribution in [-0.4, -0.2) is 19.7 Å². The Morgan fingerprint density at radius 1 is 0.643 bits per heavy atom. The Bertz CT molecular complexity index is 1020. The van der Waals surface area contributed by atoms with Crippen molar-refractivity contribution in [2.75, 3.05) is 10.9 Å². The number of nitro groups is 4. The molecule has 2 N–H and O–H groups in total. The van der Waals surface area contributed by atoms with Gasteiger partial charge in [-0.2, -0.15) is 0 Å². The molecule has 0 aliphatic heterocycles. The summed E-state index contributed by atoms with van der Waals surface area (Å²) in [6.07, 6.45) is 0. The predicted octanol–water partition coefficient (Wildman–Crippen LogP) is 3.38. The fourth-order valence-electron chi connectivity index (χ4n) is 2.43. The molecule has 0 amide bonds. The smallest absolute Gasteiger partial charge is 0.294 e. The zero-order valence-electron chi connectivity index (χ0n) is 14.4. The molecule has 14 heteroatoms. The van der Waals surface area contributed by atoms with E-state index in [1.165, 1.54) is 13.8 Å². The van der Waals surface area contributed by atoms with Gasteiger partial charge in [0.05, 0.1) is 31.8 Å². The number of benzene rings is 2. The molecule has 0 aliphatic carbocycles. The molecule has 0 saturated carbocycles. The van der Waals surface area contributed by atoms with E-state index < -0.39 is 42.4 Å². The maximum Gasteiger partial charge on any atom is 0.301 e. The van der Waals surface area contributed by atoms with Crippen molar-refractivity contribution in [3.05, 3.63) is 75.8 Å². The van der Waals surface area contributed by atoms with Crippen LogP contribution in [0.25, 0.3) is 0 Å². The average molecular weight is 392 g/mol. The minimum absolute atomic E-state index is 0.120. The lowest BCUT2D eigenvalue weighted by Crippen LogP contribution is -2.13. The second-order valence-corrected chi connectivity index (χ2v) is 5.59. The van der Waals surface area contributed by atoms with Crippen LogP contribution in [0.2, 0.25) is 0 Å². The molecule has 0 fully saturated rings. The molecule has 0 radical (unpaired) electrons. The van der Waals surface area contributed by atoms with Crippen LogP contribution in [0.15, 0.2) is 24.3 Å². The highest BCUT2D eigenvalue weighted by molar-refractivity contribution is 5.74. The van der Waals surface area contributed by atoms with Crippen molar-refractivity contribution in [2.45, 2.75) is 13.8 Å². The standard InChI is InChI=1S/C14H12N6O8/c1-7-4-10(12(19(25)26)6-11(7)18(23)24)15-16-14-8(2)3-9(17(21)22)5-13(14)20(27)28/h3-6,15-16H,1-2H3. The van der Waals surface area contributed by atoms with Gasteiger partial charge in [-0.3, -0.25) is 51.3 Å². The third kappa shape index (κ3) is 3.90. The predicted molar refractivity (Wildman–Crippen MR) is 96.2 cm³/mol. The zero-order valence-corrected chi connectivity index (χ0v) is 14.4. The van der Waals surface area contributed by atoms with Crippen LogP contribution in [0.3, 0.4) is 0 Å². The third-order valence-corrected chi connectivity index (χ3v) is 3.74. The van der Waals surface area contributed by atoms with Gasteiger partial charge in [0.15, 0.2) is 0 Å². The zero-order chi connectivity index (χ0) is 21.2. The quantitative estimate of drug-likeness (QED) is 0.520. The molecule has 0 heterocycles. The molecule has 0 unspecified atom stereocenters. The van der Waals surface area contributed by atoms with E-state index in [0.29, 0.717) is 0 Å². The average Bonchev–Trinajstić information content (AvgIpc) is 2.59. The first kappa shape index (κ1) is 20.0. The van der Waals surface area contributed by atoms with Crippen LogP contribution in [-0.2, 0) is 0 Å². The lowest BCUT2D eigenvalue weighted by atomic mass is 10.1. The number of aryl methyl sites for hydroxylation is 2. The van der Waals surface area contributed by atoms with Crippen molar-refractivity contribution >= 4 is 34.1 Å². The SMILES string of the molecule is Cc1cc(NNc2c(C)cc([N+](=O)[O-])cc2[N+](=O)[O-])c([N+](=O)[O-])cc1[N+](=O)[O-]. The Kier molecular flexibility index (Phi) is 5.33. The summed E-state index contributed by atoms with van der Waals surface area (Å²) in [5.41, 5.74) is 2.55. The number of hydrazine groups is 1. The van der Waals surface area contributed by atoms with Gasteiger partial charge in [-0.25, -0.2) is 0 Å². The number of anilines is 2. The number of non-ortho nitro benzene ring substituents is 1. The highest BCUT2D eigenvalue weighted by Gasteiger charge is 2.25. The van der Waals surface area contributed by atoms with E-state index in [9.17, 15) is 40.5 Å². The maximum atomic E-state index is 11.2. The highest BCUT2D eigenvalue weighted by Crippen LogP contribution is 2.35. The van der Waals surface area contributed by atoms with E-state index in [0.717, 1.165) is 24.3 Å². The first-order valence-corrected chi connectivity index (χ1v) is 7.41. The van der Waals surface area contributed by atoms with Gasteiger partial charge in [0, 0.05) is 11.6 Å². The van der Waals surface area contributed by atoms with Gasteiger partial charge in [-0.1, -0.05) is 0 Å². The minimum Gasteiger partial charge on any atom is -0.294 e. The van der Waals surface area contributed by atoms with Gasteiger partial charge in [0.25, 0.3) is 11.4 Å². The first-order chi connectivity index (χ1) is 13.0. The molecule has 2 aromatic rings. The van der Waals surface area contributed by atoms with E-state index in [-0.39, 0.29) is 22.5 Å². The number of nitro benzene ring substituents is 4. The van der Waals surface area contributed by atoms with Crippen LogP contribution < -0.4 is 10.9 Å². The Labute approximate surface area is 155 Å². The van der Waals surface area contributed by atoms with Gasteiger partial charge in [-0.05, 0) is 25.5 Å². The second-order valence-electron chi connectivity index (χ2n) is 5.59. The van der Waals surface area contributed by atoms with Gasteiger partial charge in [0.1, 0.15) is 11.4 Å². The van der Waals surface area contributed by atoms with Crippen molar-refractivity contribution < 1.29 is 19.7 Å². The summed E-state index contributed by atoms with van der Waals surface area (Å²) in [6, 6.07) is 3.73. The minimum atomic E-state index is -0.854. The topological polar surface area (TPSA) is 197 Å². The fourth-order valence-corrected chi connectivity index (χ4v) is 2.43. The van der Waals surface area contributed by atoms with Gasteiger partial charge >= 0.3 is 11.4 Å². The van der Waals surface area contributed by atoms with Crippen molar-refractivity contribution in [2.24, 2.45) is 0 Å². The van der Waals surface area contributed by atoms with Crippen molar-refractivity contribution in [1.29, 1.82) is 0 Å². The molecule has 0 bridgehead atoms. The van der Waals surface area contributed by atoms with Gasteiger partial charge in [0.2, 0.25) is 0 Å². The lowest BCUT2D eigenvalue weighted by Gasteiger charge is -2.13. The van der Waals surface area contributed by atoms with Crippen LogP contribution >= 0.6 is 0 Å². The Hall–Kier alpha value is -4.36. The molecule has 0 aromatic heterocycles. The first-order valence-electron chi connectivity index (χ1n) is 7.41. The van der Waals surface area contributed by atoms with E-state index in [1.54, 1.807) is 0 Å². The lowest BCUT2D eigenvalue weighted by molar-refractivity contribution is -0.394. The molecule has 0 saturated heterocycles. The number of rotatable bonds is 7. The normalized spacial score (nSPS) is 10.2. The monoisotopic (exact) mass is 392 g/mol. The molecule has 2 rings (SSSR count). The molecular formula is C14H12N6O8. The van der Waals surface area contributed by atoms with E-state index >= 15 is 0 Å². The number of hydrogen-bond acceptors (Lipinski definition) is 10. The largest absolute Gasteiger partial charge is 0.301 e. The van der Waals surface area contributed by atoms with Crippen molar-refractivity contribution in [1.82, 2.24) is 0 Å². The van der Waals surface area contributed by atoms with Crippen molar-refractivity contribution in [3.63, 3.8) is 0 Å². The molecule has 28 heavy (non-hydrogen) atoms. The summed E-state index contributed by atoms with van der Waals surface area (Å²) in [7, 11) is 0. The highest BCUT2D eigenvalue weighted by atomic mass is 16.6. The molecule has 0 atom stereocenters. The van der Waals surface area contributed by atoms with E-state index in [2.05, 4.69) is 10.9 Å². The second kappa shape index (κ2) is 7.48. The maximum absolute atomic E-state index is 11.2. The van der Waals surface area contributed by atoms with Crippen LogP contribution in [0.1, 0.15) is 11.1 Å². The number of nitrogens with one attached hydrogen (secondary N) is 2. The van der Waals surface area contributed by atoms with Crippen LogP contribution in [0.4, 0.5) is 34.1 Å². The number of nitrogens with zero attached hydrogens (tertiary/aromatic N) is 4. The van der Waals surface area contributed by atoms with Crippen molar-refractivity contribution in [3.8, 4) is 0 Å². The van der Waals surface area contributed by atoms with Gasteiger partial charge in [-0.15, -0.1) is 0 Å². The van der Waals surface area contributed by atoms with Gasteiger partial charge < -0.3 is 0 Å². The van der Waals surface area contributed by atoms with Crippen LogP contribution in [0, 0.1) is 54.3 Å². The third-order valence-electron chi connectivity index (χ3n) is 3.74. The Balaban J connectivity index is 2.48. The summed E-state index contributed by atoms with van der Waals surface area (Å²) in [4.78, 5) is 41.0. The van der Waals surface area contributed by atoms with Crippen LogP contribution in [0.5, 0.6) is 0 Å². The molecule has 0 spiro atoms. The molecular weight excluding hydrogens is 380 g/mol. The molecule has 2 aromatic carbocycles. The summed E-state index contributed by atoms with van der Waals surface area (Å²) < 4.78 is 0. The van der Waals surface area contributed by atoms with E-state index in [1.807, 2.05) is 0 Å². The summed E-state index contributed by atoms with van der Waals surface area (Å²) in [6.45, 7) is 2.74. The summed E-state index contributed by atoms with van der Waals surface area (Å²) in [5.74, 6) is 0. The Morgan fingerprint density at radius 2 is 1.21 bits per heavy atom. The van der Waals surface area contributed by atoms with E-state index in [4.69, 9.17) is 0 Å². The summed E-state index contributed by atoms with van der Waals surface area (Å²) >= 11 is 0. The Morgan fingerprint density at radius 3 is 1.71 bits per heavy atom. The molecule has 14 nitrogen and oxygen atoms in total.